The molecule has 6 aliphatic carbocycles. The van der Waals surface area contributed by atoms with Gasteiger partial charge in [0.15, 0.2) is 0 Å². The number of carbonyl (C=O) groups excluding carboxylic acids is 4. The summed E-state index contributed by atoms with van der Waals surface area (Å²) in [7, 11) is 0. The maximum absolute atomic E-state index is 13.2. The Morgan fingerprint density at radius 1 is 0.532 bits per heavy atom. The van der Waals surface area contributed by atoms with Crippen LogP contribution in [-0.4, -0.2) is 59.1 Å². The third kappa shape index (κ3) is 4.84. The molecule has 0 unspecified atom stereocenters. The number of furan rings is 2. The van der Waals surface area contributed by atoms with Crippen LogP contribution >= 0.6 is 0 Å². The van der Waals surface area contributed by atoms with E-state index in [1.165, 1.54) is 22.3 Å². The number of hydrogen-bond donors (Lipinski definition) is 0. The van der Waals surface area contributed by atoms with Gasteiger partial charge >= 0.3 is 11.9 Å². The van der Waals surface area contributed by atoms with Gasteiger partial charge in [0.1, 0.15) is 23.8 Å². The van der Waals surface area contributed by atoms with Crippen LogP contribution in [0.4, 0.5) is 0 Å². The monoisotopic (exact) mass is 848 g/mol. The molecule has 0 spiro atoms. The van der Waals surface area contributed by atoms with E-state index in [0.29, 0.717) is 25.7 Å². The number of fused-ring (bicyclic) bond motifs is 4. The molecule has 12 rings (SSSR count). The first-order valence-electron chi connectivity index (χ1n) is 23.3. The normalized spacial score (nSPS) is 49.7. The van der Waals surface area contributed by atoms with Gasteiger partial charge in [0.25, 0.3) is 0 Å². The Balaban J connectivity index is 0.000000139. The minimum Gasteiger partial charge on any atom is -0.472 e. The molecule has 10 heteroatoms. The zero-order valence-electron chi connectivity index (χ0n) is 38.1. The SMILES string of the molecule is CC1(C)C(=O)C[C@@H]2O[C@@]3(C)C4=CC[C@@H](c5ccoc5)[C@]4(C)C[C@H]4OC(=O)C[C@@H]1[C@@]2(C)[C@@H]43.CC1(C)C(=O)C[C@@H]2O[C@@]3(C)C4=CC[C@@H](c5ccoc5)[C@]4(C)C[C@H]4OC(=O)C[C@@H]1[C@@]2(C)[C@@H]43. The van der Waals surface area contributed by atoms with Crippen molar-refractivity contribution in [1.29, 1.82) is 0 Å². The number of allylic oxidation sites excluding steroid dienone is 2. The molecular weight excluding hydrogens is 785 g/mol. The largest absolute Gasteiger partial charge is 0.472 e. The second-order valence-corrected chi connectivity index (χ2v) is 23.6. The second-order valence-electron chi connectivity index (χ2n) is 23.6. The van der Waals surface area contributed by atoms with Crippen molar-refractivity contribution in [3.8, 4) is 0 Å². The van der Waals surface area contributed by atoms with E-state index < -0.39 is 22.0 Å². The van der Waals surface area contributed by atoms with Crippen LogP contribution < -0.4 is 0 Å². The van der Waals surface area contributed by atoms with Crippen molar-refractivity contribution in [2.24, 2.45) is 56.2 Å². The zero-order valence-corrected chi connectivity index (χ0v) is 38.1. The minimum atomic E-state index is -0.558. The fourth-order valence-electron chi connectivity index (χ4n) is 17.6. The minimum absolute atomic E-state index is 0.0521. The lowest BCUT2D eigenvalue weighted by atomic mass is 9.45. The highest BCUT2D eigenvalue weighted by Gasteiger charge is 2.77. The summed E-state index contributed by atoms with van der Waals surface area (Å²) in [5.41, 5.74) is 1.91. The molecule has 0 radical (unpaired) electrons. The van der Waals surface area contributed by atoms with E-state index in [1.54, 1.807) is 12.5 Å². The smallest absolute Gasteiger partial charge is 0.306 e. The maximum atomic E-state index is 13.2. The summed E-state index contributed by atoms with van der Waals surface area (Å²) in [6.45, 7) is 21.6. The Labute approximate surface area is 365 Å². The van der Waals surface area contributed by atoms with Crippen molar-refractivity contribution >= 4 is 23.5 Å². The number of rotatable bonds is 2. The van der Waals surface area contributed by atoms with Gasteiger partial charge in [0, 0.05) is 70.0 Å². The van der Waals surface area contributed by atoms with Crippen molar-refractivity contribution < 1.29 is 47.0 Å². The number of carbonyl (C=O) groups is 4. The zero-order chi connectivity index (χ0) is 43.9. The van der Waals surface area contributed by atoms with Crippen LogP contribution in [0.25, 0.3) is 0 Å². The molecule has 2 aromatic rings. The summed E-state index contributed by atoms with van der Waals surface area (Å²) in [5, 5.41) is 0. The molecule has 2 aromatic heterocycles. The van der Waals surface area contributed by atoms with Crippen LogP contribution in [0.3, 0.4) is 0 Å². The average molecular weight is 849 g/mol. The quantitative estimate of drug-likeness (QED) is 0.213. The first-order chi connectivity index (χ1) is 29.1. The number of hydrogen-bond acceptors (Lipinski definition) is 10. The standard InChI is InChI=1S/2C26H32O5/c2*1-23(2)18-10-21(28)30-16-12-24(3)15(14-8-9-29-13-14)6-7-17(24)26(5)22(16)25(18,4)20(31-26)11-19(23)27/h2*7-9,13,15-16,18,20,22H,6,10-12H2,1-5H3/t2*15-,16+,18-,20-,22+,24-,25+,26-/m00/s1. The molecule has 4 aliphatic heterocycles. The Hall–Kier alpha value is -3.76. The van der Waals surface area contributed by atoms with E-state index >= 15 is 0 Å². The fraction of sp³-hybridized carbons (Fsp3) is 0.692. The van der Waals surface area contributed by atoms with E-state index in [1.807, 2.05) is 52.4 Å². The average Bonchev–Trinajstić information content (AvgIpc) is 4.02. The summed E-state index contributed by atoms with van der Waals surface area (Å²) in [5.74, 6) is 0.570. The molecule has 332 valence electrons. The molecular formula is C52H64O10. The number of ether oxygens (including phenoxy) is 4. The Kier molecular flexibility index (Phi) is 8.28. The van der Waals surface area contributed by atoms with Gasteiger partial charge in [-0.05, 0) is 97.6 Å². The van der Waals surface area contributed by atoms with Gasteiger partial charge in [-0.3, -0.25) is 19.2 Å². The first-order valence-corrected chi connectivity index (χ1v) is 23.3. The predicted molar refractivity (Wildman–Crippen MR) is 226 cm³/mol. The van der Waals surface area contributed by atoms with Crippen LogP contribution in [-0.2, 0) is 38.1 Å². The highest BCUT2D eigenvalue weighted by Crippen LogP contribution is 2.75. The van der Waals surface area contributed by atoms with E-state index in [4.69, 9.17) is 27.8 Å². The van der Waals surface area contributed by atoms with Crippen LogP contribution in [0.2, 0.25) is 0 Å². The molecule has 4 saturated carbocycles. The highest BCUT2D eigenvalue weighted by molar-refractivity contribution is 5.88. The number of ketones is 2. The Morgan fingerprint density at radius 2 is 0.919 bits per heavy atom. The fourth-order valence-corrected chi connectivity index (χ4v) is 17.6. The van der Waals surface area contributed by atoms with E-state index in [9.17, 15) is 19.2 Å². The van der Waals surface area contributed by atoms with Gasteiger partial charge in [-0.25, -0.2) is 0 Å². The number of Topliss-reactive ketones (excluding diaryl/α,β-unsaturated/α-hetero) is 2. The van der Waals surface area contributed by atoms with Crippen molar-refractivity contribution in [3.63, 3.8) is 0 Å². The number of esters is 2. The Morgan fingerprint density at radius 3 is 1.27 bits per heavy atom. The van der Waals surface area contributed by atoms with Gasteiger partial charge in [-0.2, -0.15) is 0 Å². The van der Waals surface area contributed by atoms with E-state index in [-0.39, 0.29) is 105 Å². The Bertz CT molecular complexity index is 2170. The molecule has 0 bridgehead atoms. The van der Waals surface area contributed by atoms with Crippen LogP contribution in [0.5, 0.6) is 0 Å². The van der Waals surface area contributed by atoms with Crippen molar-refractivity contribution in [3.05, 3.63) is 71.6 Å². The lowest BCUT2D eigenvalue weighted by molar-refractivity contribution is -0.164. The topological polar surface area (TPSA) is 131 Å². The van der Waals surface area contributed by atoms with Crippen molar-refractivity contribution in [1.82, 2.24) is 0 Å². The summed E-state index contributed by atoms with van der Waals surface area (Å²) < 4.78 is 37.1. The molecule has 6 heterocycles. The molecule has 62 heavy (non-hydrogen) atoms. The maximum Gasteiger partial charge on any atom is 0.306 e. The first kappa shape index (κ1) is 41.0. The lowest BCUT2D eigenvalue weighted by Gasteiger charge is -2.56. The summed E-state index contributed by atoms with van der Waals surface area (Å²) in [6, 6.07) is 4.10. The van der Waals surface area contributed by atoms with Gasteiger partial charge in [-0.15, -0.1) is 0 Å². The summed E-state index contributed by atoms with van der Waals surface area (Å²) >= 11 is 0. The van der Waals surface area contributed by atoms with Gasteiger partial charge in [0.2, 0.25) is 0 Å². The molecule has 4 saturated heterocycles. The third-order valence-electron chi connectivity index (χ3n) is 20.3. The molecule has 0 amide bonds. The molecule has 16 atom stereocenters. The van der Waals surface area contributed by atoms with Crippen LogP contribution in [0, 0.1) is 56.2 Å². The third-order valence-corrected chi connectivity index (χ3v) is 20.3. The van der Waals surface area contributed by atoms with Crippen molar-refractivity contribution in [2.75, 3.05) is 0 Å². The van der Waals surface area contributed by atoms with Crippen LogP contribution in [0.15, 0.2) is 69.3 Å². The van der Waals surface area contributed by atoms with Crippen LogP contribution in [0.1, 0.15) is 144 Å². The summed E-state index contributed by atoms with van der Waals surface area (Å²) in [4.78, 5) is 52.4. The van der Waals surface area contributed by atoms with Gasteiger partial charge in [0.05, 0.1) is 48.5 Å². The van der Waals surface area contributed by atoms with Gasteiger partial charge < -0.3 is 27.8 Å². The van der Waals surface area contributed by atoms with Gasteiger partial charge in [-0.1, -0.05) is 67.5 Å². The highest BCUT2D eigenvalue weighted by atomic mass is 16.6. The van der Waals surface area contributed by atoms with E-state index in [2.05, 4.69) is 53.7 Å². The van der Waals surface area contributed by atoms with Crippen molar-refractivity contribution in [2.45, 2.75) is 168 Å². The molecule has 0 aromatic carbocycles. The predicted octanol–water partition coefficient (Wildman–Crippen LogP) is 9.63. The summed E-state index contributed by atoms with van der Waals surface area (Å²) in [6.07, 6.45) is 15.9. The second kappa shape index (κ2) is 12.5. The molecule has 10 nitrogen and oxygen atoms in total. The molecule has 8 fully saturated rings. The lowest BCUT2D eigenvalue weighted by Crippen LogP contribution is -2.60. The molecule has 10 aliphatic rings. The van der Waals surface area contributed by atoms with E-state index in [0.717, 1.165) is 25.7 Å². The molecule has 0 N–H and O–H groups in total.